The number of nitrogens with one attached hydrogen (secondary N) is 1. The SMILES string of the molecule is COCCNC(=O)c1ccc2nc3c(C)c(C)c(=O)c(C)c-3oc2c1. The smallest absolute Gasteiger partial charge is 0.251 e. The van der Waals surface area contributed by atoms with Gasteiger partial charge >= 0.3 is 0 Å². The zero-order chi connectivity index (χ0) is 18.1. The minimum atomic E-state index is -0.212. The van der Waals surface area contributed by atoms with Gasteiger partial charge in [0.15, 0.2) is 16.8 Å². The van der Waals surface area contributed by atoms with E-state index >= 15 is 0 Å². The summed E-state index contributed by atoms with van der Waals surface area (Å²) in [6, 6.07) is 5.09. The van der Waals surface area contributed by atoms with Crippen LogP contribution in [-0.2, 0) is 4.74 Å². The van der Waals surface area contributed by atoms with Crippen LogP contribution in [0.15, 0.2) is 27.4 Å². The Bertz CT molecular complexity index is 991. The fraction of sp³-hybridized carbons (Fsp3) is 0.316. The van der Waals surface area contributed by atoms with Crippen molar-refractivity contribution in [2.45, 2.75) is 20.8 Å². The van der Waals surface area contributed by atoms with Gasteiger partial charge < -0.3 is 14.5 Å². The van der Waals surface area contributed by atoms with E-state index in [-0.39, 0.29) is 11.3 Å². The summed E-state index contributed by atoms with van der Waals surface area (Å²) in [4.78, 5) is 29.1. The highest BCUT2D eigenvalue weighted by atomic mass is 16.5. The molecule has 6 nitrogen and oxygen atoms in total. The van der Waals surface area contributed by atoms with Crippen LogP contribution in [0.25, 0.3) is 22.6 Å². The molecule has 1 N–H and O–H groups in total. The molecule has 0 bridgehead atoms. The van der Waals surface area contributed by atoms with Crippen molar-refractivity contribution in [3.8, 4) is 11.5 Å². The molecule has 0 atom stereocenters. The summed E-state index contributed by atoms with van der Waals surface area (Å²) in [5, 5.41) is 2.76. The molecule has 1 aromatic carbocycles. The number of fused-ring (bicyclic) bond motifs is 2. The zero-order valence-corrected chi connectivity index (χ0v) is 14.7. The Labute approximate surface area is 145 Å². The lowest BCUT2D eigenvalue weighted by Gasteiger charge is -2.13. The van der Waals surface area contributed by atoms with Crippen LogP contribution < -0.4 is 10.7 Å². The Balaban J connectivity index is 2.12. The summed E-state index contributed by atoms with van der Waals surface area (Å²) in [5.41, 5.74) is 4.25. The molecule has 1 aliphatic heterocycles. The number of rotatable bonds is 4. The molecular weight excluding hydrogens is 320 g/mol. The molecule has 3 rings (SSSR count). The highest BCUT2D eigenvalue weighted by molar-refractivity contribution is 5.97. The first-order chi connectivity index (χ1) is 11.9. The second-order valence-electron chi connectivity index (χ2n) is 6.03. The molecule has 25 heavy (non-hydrogen) atoms. The number of amides is 1. The van der Waals surface area contributed by atoms with E-state index in [1.807, 2.05) is 6.92 Å². The largest absolute Gasteiger partial charge is 0.452 e. The Morgan fingerprint density at radius 1 is 1.20 bits per heavy atom. The number of carbonyl (C=O) groups excluding carboxylic acids is 1. The lowest BCUT2D eigenvalue weighted by Crippen LogP contribution is -2.26. The van der Waals surface area contributed by atoms with E-state index in [0.717, 1.165) is 5.56 Å². The van der Waals surface area contributed by atoms with Gasteiger partial charge in [-0.2, -0.15) is 0 Å². The lowest BCUT2D eigenvalue weighted by atomic mass is 9.99. The number of aromatic nitrogens is 1. The third-order valence-electron chi connectivity index (χ3n) is 4.41. The van der Waals surface area contributed by atoms with Crippen molar-refractivity contribution in [1.29, 1.82) is 0 Å². The Kier molecular flexibility index (Phi) is 4.55. The standard InChI is InChI=1S/C19H20N2O4/c1-10-11(2)17(22)12(3)18-16(10)21-14-6-5-13(9-15(14)25-18)19(23)20-7-8-24-4/h5-6,9H,7-8H2,1-4H3,(H,20,23). The first-order valence-electron chi connectivity index (χ1n) is 8.05. The van der Waals surface area contributed by atoms with E-state index in [2.05, 4.69) is 10.3 Å². The summed E-state index contributed by atoms with van der Waals surface area (Å²) in [5.74, 6) is 0.258. The number of ether oxygens (including phenoxy) is 1. The molecule has 0 aromatic heterocycles. The molecule has 2 aliphatic rings. The first-order valence-corrected chi connectivity index (χ1v) is 8.05. The van der Waals surface area contributed by atoms with Gasteiger partial charge in [-0.25, -0.2) is 4.98 Å². The van der Waals surface area contributed by atoms with Crippen LogP contribution >= 0.6 is 0 Å². The normalized spacial score (nSPS) is 11.2. The van der Waals surface area contributed by atoms with Crippen molar-refractivity contribution in [1.82, 2.24) is 10.3 Å². The first kappa shape index (κ1) is 17.1. The van der Waals surface area contributed by atoms with Gasteiger partial charge in [-0.3, -0.25) is 9.59 Å². The van der Waals surface area contributed by atoms with Gasteiger partial charge in [0.05, 0.1) is 6.61 Å². The quantitative estimate of drug-likeness (QED) is 0.583. The number of carbonyl (C=O) groups is 1. The van der Waals surface area contributed by atoms with Crippen LogP contribution in [0.3, 0.4) is 0 Å². The monoisotopic (exact) mass is 340 g/mol. The molecule has 6 heteroatoms. The average molecular weight is 340 g/mol. The number of nitrogens with zero attached hydrogens (tertiary/aromatic N) is 1. The van der Waals surface area contributed by atoms with Crippen molar-refractivity contribution in [2.75, 3.05) is 20.3 Å². The van der Waals surface area contributed by atoms with Crippen molar-refractivity contribution in [2.24, 2.45) is 0 Å². The predicted molar refractivity (Wildman–Crippen MR) is 95.3 cm³/mol. The van der Waals surface area contributed by atoms with E-state index < -0.39 is 0 Å². The van der Waals surface area contributed by atoms with Gasteiger partial charge in [0.2, 0.25) is 0 Å². The molecule has 0 saturated heterocycles. The van der Waals surface area contributed by atoms with Gasteiger partial charge in [0.25, 0.3) is 5.91 Å². The fourth-order valence-electron chi connectivity index (χ4n) is 2.77. The topological polar surface area (TPSA) is 81.4 Å². The second-order valence-corrected chi connectivity index (χ2v) is 6.03. The summed E-state index contributed by atoms with van der Waals surface area (Å²) in [7, 11) is 1.58. The maximum absolute atomic E-state index is 12.3. The molecule has 0 radical (unpaired) electrons. The summed E-state index contributed by atoms with van der Waals surface area (Å²) < 4.78 is 10.9. The zero-order valence-electron chi connectivity index (χ0n) is 14.7. The second kappa shape index (κ2) is 6.64. The van der Waals surface area contributed by atoms with Crippen molar-refractivity contribution in [3.63, 3.8) is 0 Å². The van der Waals surface area contributed by atoms with E-state index in [9.17, 15) is 9.59 Å². The third-order valence-corrected chi connectivity index (χ3v) is 4.41. The maximum atomic E-state index is 12.3. The van der Waals surface area contributed by atoms with E-state index in [0.29, 0.717) is 52.4 Å². The molecule has 130 valence electrons. The molecule has 0 fully saturated rings. The van der Waals surface area contributed by atoms with Crippen LogP contribution in [0.5, 0.6) is 0 Å². The molecule has 1 heterocycles. The predicted octanol–water partition coefficient (Wildman–Crippen LogP) is 2.59. The fourth-order valence-corrected chi connectivity index (χ4v) is 2.77. The van der Waals surface area contributed by atoms with Crippen LogP contribution in [0, 0.1) is 20.8 Å². The molecule has 1 amide bonds. The molecule has 0 unspecified atom stereocenters. The Morgan fingerprint density at radius 2 is 1.96 bits per heavy atom. The van der Waals surface area contributed by atoms with Gasteiger partial charge in [-0.15, -0.1) is 0 Å². The summed E-state index contributed by atoms with van der Waals surface area (Å²) >= 11 is 0. The molecule has 1 aliphatic carbocycles. The Morgan fingerprint density at radius 3 is 2.68 bits per heavy atom. The molecule has 0 spiro atoms. The number of hydrogen-bond donors (Lipinski definition) is 1. The third kappa shape index (κ3) is 3.00. The van der Waals surface area contributed by atoms with Gasteiger partial charge in [0.1, 0.15) is 11.2 Å². The van der Waals surface area contributed by atoms with Crippen LogP contribution in [0.1, 0.15) is 27.0 Å². The molecule has 0 saturated carbocycles. The average Bonchev–Trinajstić information content (AvgIpc) is 2.63. The minimum Gasteiger partial charge on any atom is -0.452 e. The number of hydrogen-bond acceptors (Lipinski definition) is 5. The summed E-state index contributed by atoms with van der Waals surface area (Å²) in [6.45, 7) is 6.26. The van der Waals surface area contributed by atoms with E-state index in [1.54, 1.807) is 39.2 Å². The van der Waals surface area contributed by atoms with Crippen LogP contribution in [-0.4, -0.2) is 31.2 Å². The molecule has 1 aromatic rings. The van der Waals surface area contributed by atoms with Gasteiger partial charge in [-0.05, 0) is 44.5 Å². The van der Waals surface area contributed by atoms with Crippen molar-refractivity contribution < 1.29 is 13.9 Å². The number of benzene rings is 2. The van der Waals surface area contributed by atoms with E-state index in [1.165, 1.54) is 0 Å². The van der Waals surface area contributed by atoms with Crippen LogP contribution in [0.2, 0.25) is 0 Å². The van der Waals surface area contributed by atoms with Crippen LogP contribution in [0.4, 0.5) is 0 Å². The van der Waals surface area contributed by atoms with Gasteiger partial charge in [0, 0.05) is 30.3 Å². The van der Waals surface area contributed by atoms with Crippen molar-refractivity contribution >= 4 is 17.0 Å². The Hall–Kier alpha value is -2.73. The minimum absolute atomic E-state index is 0.0386. The summed E-state index contributed by atoms with van der Waals surface area (Å²) in [6.07, 6.45) is 0. The van der Waals surface area contributed by atoms with Gasteiger partial charge in [-0.1, -0.05) is 0 Å². The highest BCUT2D eigenvalue weighted by Crippen LogP contribution is 2.30. The highest BCUT2D eigenvalue weighted by Gasteiger charge is 2.20. The van der Waals surface area contributed by atoms with E-state index in [4.69, 9.17) is 9.15 Å². The molecular formula is C19H20N2O4. The van der Waals surface area contributed by atoms with Crippen molar-refractivity contribution in [3.05, 3.63) is 50.7 Å². The maximum Gasteiger partial charge on any atom is 0.251 e. The lowest BCUT2D eigenvalue weighted by molar-refractivity contribution is 0.0937. The number of methoxy groups -OCH3 is 1.